The minimum absolute atomic E-state index is 0.0260. The van der Waals surface area contributed by atoms with E-state index in [0.717, 1.165) is 6.08 Å². The SMILES string of the molecule is FC1=CC(I)=CC(F)(OC(F)(F)F)C1. The first-order chi connectivity index (χ1) is 6.20. The molecule has 0 aliphatic heterocycles. The monoisotopic (exact) mass is 326 g/mol. The first-order valence-electron chi connectivity index (χ1n) is 3.40. The third kappa shape index (κ3) is 3.52. The lowest BCUT2D eigenvalue weighted by Crippen LogP contribution is -2.33. The summed E-state index contributed by atoms with van der Waals surface area (Å²) in [5, 5.41) is 0. The van der Waals surface area contributed by atoms with Gasteiger partial charge in [0.15, 0.2) is 0 Å². The maximum Gasteiger partial charge on any atom is 0.525 e. The number of ether oxygens (including phenoxy) is 1. The Morgan fingerprint density at radius 1 is 1.43 bits per heavy atom. The van der Waals surface area contributed by atoms with Gasteiger partial charge in [-0.15, -0.1) is 13.2 Å². The third-order valence-electron chi connectivity index (χ3n) is 1.34. The molecule has 1 atom stereocenters. The molecular weight excluding hydrogens is 322 g/mol. The second-order valence-corrected chi connectivity index (χ2v) is 3.88. The van der Waals surface area contributed by atoms with E-state index in [1.807, 2.05) is 0 Å². The van der Waals surface area contributed by atoms with Gasteiger partial charge in [-0.1, -0.05) is 0 Å². The van der Waals surface area contributed by atoms with Gasteiger partial charge >= 0.3 is 6.36 Å². The van der Waals surface area contributed by atoms with E-state index in [4.69, 9.17) is 0 Å². The molecule has 1 aliphatic carbocycles. The molecule has 0 aromatic rings. The fraction of sp³-hybridized carbons (Fsp3) is 0.429. The van der Waals surface area contributed by atoms with Crippen LogP contribution in [-0.2, 0) is 4.74 Å². The number of allylic oxidation sites excluding steroid dienone is 2. The molecule has 0 bridgehead atoms. The molecule has 14 heavy (non-hydrogen) atoms. The minimum atomic E-state index is -5.13. The van der Waals surface area contributed by atoms with Crippen LogP contribution in [0.5, 0.6) is 0 Å². The highest BCUT2D eigenvalue weighted by molar-refractivity contribution is 14.1. The van der Waals surface area contributed by atoms with E-state index < -0.39 is 24.5 Å². The van der Waals surface area contributed by atoms with Crippen molar-refractivity contribution in [2.75, 3.05) is 0 Å². The molecule has 80 valence electrons. The zero-order chi connectivity index (χ0) is 11.0. The molecule has 1 rings (SSSR count). The molecule has 0 radical (unpaired) electrons. The maximum atomic E-state index is 13.3. The van der Waals surface area contributed by atoms with Crippen LogP contribution < -0.4 is 0 Å². The molecule has 0 heterocycles. The normalized spacial score (nSPS) is 28.4. The molecular formula is C7H4F5IO. The topological polar surface area (TPSA) is 9.23 Å². The summed E-state index contributed by atoms with van der Waals surface area (Å²) in [6.07, 6.45) is -4.65. The second kappa shape index (κ2) is 3.76. The Bertz CT molecular complexity index is 295. The first-order valence-corrected chi connectivity index (χ1v) is 4.48. The van der Waals surface area contributed by atoms with Gasteiger partial charge in [-0.3, -0.25) is 4.74 Å². The standard InChI is InChI=1S/C7H4F5IO/c8-4-1-5(13)3-6(9,2-4)14-7(10,11)12/h1,3H,2H2. The van der Waals surface area contributed by atoms with Crippen LogP contribution in [0, 0.1) is 0 Å². The van der Waals surface area contributed by atoms with E-state index in [1.165, 1.54) is 22.6 Å². The summed E-state index contributed by atoms with van der Waals surface area (Å²) in [4.78, 5) is 0. The van der Waals surface area contributed by atoms with Gasteiger partial charge < -0.3 is 0 Å². The average Bonchev–Trinajstić information content (AvgIpc) is 1.74. The molecule has 0 saturated heterocycles. The summed E-state index contributed by atoms with van der Waals surface area (Å²) < 4.78 is 64.2. The van der Waals surface area contributed by atoms with Crippen molar-refractivity contribution < 1.29 is 26.7 Å². The van der Waals surface area contributed by atoms with Gasteiger partial charge in [0.05, 0.1) is 6.42 Å². The largest absolute Gasteiger partial charge is 0.525 e. The van der Waals surface area contributed by atoms with Crippen molar-refractivity contribution in [2.45, 2.75) is 18.6 Å². The zero-order valence-electron chi connectivity index (χ0n) is 6.54. The van der Waals surface area contributed by atoms with Crippen LogP contribution in [0.15, 0.2) is 21.6 Å². The molecule has 1 nitrogen and oxygen atoms in total. The lowest BCUT2D eigenvalue weighted by atomic mass is 10.1. The second-order valence-electron chi connectivity index (χ2n) is 2.63. The quantitative estimate of drug-likeness (QED) is 0.527. The third-order valence-corrected chi connectivity index (χ3v) is 1.97. The van der Waals surface area contributed by atoms with Crippen molar-refractivity contribution in [3.63, 3.8) is 0 Å². The van der Waals surface area contributed by atoms with Crippen molar-refractivity contribution in [3.8, 4) is 0 Å². The van der Waals surface area contributed by atoms with Crippen LogP contribution in [-0.4, -0.2) is 12.2 Å². The Morgan fingerprint density at radius 3 is 2.43 bits per heavy atom. The summed E-state index contributed by atoms with van der Waals surface area (Å²) >= 11 is 1.51. The van der Waals surface area contributed by atoms with Gasteiger partial charge in [0, 0.05) is 3.58 Å². The van der Waals surface area contributed by atoms with Gasteiger partial charge in [0.1, 0.15) is 5.83 Å². The molecule has 0 spiro atoms. The van der Waals surface area contributed by atoms with E-state index >= 15 is 0 Å². The van der Waals surface area contributed by atoms with Gasteiger partial charge in [0.25, 0.3) is 0 Å². The lowest BCUT2D eigenvalue weighted by Gasteiger charge is -2.25. The molecule has 0 aromatic heterocycles. The Labute approximate surface area is 89.7 Å². The van der Waals surface area contributed by atoms with Crippen LogP contribution in [0.4, 0.5) is 22.0 Å². The fourth-order valence-electron chi connectivity index (χ4n) is 0.987. The predicted molar refractivity (Wildman–Crippen MR) is 46.9 cm³/mol. The van der Waals surface area contributed by atoms with Gasteiger partial charge in [-0.2, -0.15) is 0 Å². The molecule has 0 amide bonds. The van der Waals surface area contributed by atoms with Crippen LogP contribution >= 0.6 is 22.6 Å². The highest BCUT2D eigenvalue weighted by Crippen LogP contribution is 2.38. The van der Waals surface area contributed by atoms with E-state index in [-0.39, 0.29) is 3.58 Å². The number of hydrogen-bond donors (Lipinski definition) is 0. The van der Waals surface area contributed by atoms with E-state index in [0.29, 0.717) is 6.08 Å². The Balaban J connectivity index is 2.83. The fourth-order valence-corrected chi connectivity index (χ4v) is 1.79. The van der Waals surface area contributed by atoms with Gasteiger partial charge in [-0.25, -0.2) is 8.78 Å². The molecule has 0 fully saturated rings. The number of alkyl halides is 4. The summed E-state index contributed by atoms with van der Waals surface area (Å²) in [5.41, 5.74) is 0. The summed E-state index contributed by atoms with van der Waals surface area (Å²) in [7, 11) is 0. The molecule has 1 unspecified atom stereocenters. The zero-order valence-corrected chi connectivity index (χ0v) is 8.70. The molecule has 1 aliphatic rings. The minimum Gasteiger partial charge on any atom is -0.250 e. The van der Waals surface area contributed by atoms with E-state index in [1.54, 1.807) is 0 Å². The highest BCUT2D eigenvalue weighted by atomic mass is 127. The van der Waals surface area contributed by atoms with E-state index in [2.05, 4.69) is 4.74 Å². The van der Waals surface area contributed by atoms with Gasteiger partial charge in [-0.05, 0) is 34.7 Å². The lowest BCUT2D eigenvalue weighted by molar-refractivity contribution is -0.381. The van der Waals surface area contributed by atoms with Crippen LogP contribution in [0.2, 0.25) is 0 Å². The summed E-state index contributed by atoms with van der Waals surface area (Å²) in [5.74, 6) is -4.11. The molecule has 7 heteroatoms. The number of hydrogen-bond acceptors (Lipinski definition) is 1. The van der Waals surface area contributed by atoms with Crippen molar-refractivity contribution in [3.05, 3.63) is 21.6 Å². The number of halogens is 6. The Kier molecular flexibility index (Phi) is 3.20. The Morgan fingerprint density at radius 2 is 2.00 bits per heavy atom. The molecule has 0 aromatic carbocycles. The smallest absolute Gasteiger partial charge is 0.250 e. The highest BCUT2D eigenvalue weighted by Gasteiger charge is 2.44. The van der Waals surface area contributed by atoms with Crippen LogP contribution in [0.1, 0.15) is 6.42 Å². The van der Waals surface area contributed by atoms with Crippen molar-refractivity contribution in [2.24, 2.45) is 0 Å². The number of rotatable bonds is 1. The van der Waals surface area contributed by atoms with Crippen molar-refractivity contribution in [1.82, 2.24) is 0 Å². The Hall–Kier alpha value is -0.180. The summed E-state index contributed by atoms with van der Waals surface area (Å²) in [6, 6.07) is 0. The van der Waals surface area contributed by atoms with Crippen LogP contribution in [0.25, 0.3) is 0 Å². The van der Waals surface area contributed by atoms with Gasteiger partial charge in [0.2, 0.25) is 5.85 Å². The predicted octanol–water partition coefficient (Wildman–Crippen LogP) is 3.76. The molecule has 0 saturated carbocycles. The maximum absolute atomic E-state index is 13.3. The average molecular weight is 326 g/mol. The first kappa shape index (κ1) is 11.9. The molecule has 0 N–H and O–H groups in total. The van der Waals surface area contributed by atoms with Crippen molar-refractivity contribution in [1.29, 1.82) is 0 Å². The van der Waals surface area contributed by atoms with Crippen molar-refractivity contribution >= 4 is 22.6 Å². The summed E-state index contributed by atoms with van der Waals surface area (Å²) in [6.45, 7) is 0. The van der Waals surface area contributed by atoms with Crippen LogP contribution in [0.3, 0.4) is 0 Å². The van der Waals surface area contributed by atoms with E-state index in [9.17, 15) is 22.0 Å².